The monoisotopic (exact) mass is 296 g/mol. The number of aliphatic hydroxyl groups is 2. The molecule has 0 saturated carbocycles. The lowest BCUT2D eigenvalue weighted by atomic mass is 10.8. The van der Waals surface area contributed by atoms with E-state index in [4.69, 9.17) is 10.2 Å². The summed E-state index contributed by atoms with van der Waals surface area (Å²) in [5.74, 6) is 0. The lowest BCUT2D eigenvalue weighted by Crippen LogP contribution is -2.25. The standard InChI is InChI=1S/C2H3Br3O2/c3-1(4)2(5,6)7/h1,6-7H. The van der Waals surface area contributed by atoms with Gasteiger partial charge in [-0.1, -0.05) is 31.9 Å². The van der Waals surface area contributed by atoms with E-state index in [1.165, 1.54) is 0 Å². The smallest absolute Gasteiger partial charge is 0.244 e. The van der Waals surface area contributed by atoms with E-state index in [0.717, 1.165) is 0 Å². The van der Waals surface area contributed by atoms with E-state index in [1.54, 1.807) is 0 Å². The molecule has 0 rings (SSSR count). The van der Waals surface area contributed by atoms with E-state index in [0.29, 0.717) is 0 Å². The highest BCUT2D eigenvalue weighted by Gasteiger charge is 2.25. The van der Waals surface area contributed by atoms with Gasteiger partial charge >= 0.3 is 0 Å². The maximum absolute atomic E-state index is 8.47. The molecule has 0 heterocycles. The Labute approximate surface area is 66.3 Å². The van der Waals surface area contributed by atoms with Crippen LogP contribution >= 0.6 is 47.8 Å². The van der Waals surface area contributed by atoms with E-state index in [9.17, 15) is 0 Å². The van der Waals surface area contributed by atoms with Gasteiger partial charge in [0.15, 0.2) is 0 Å². The molecule has 0 amide bonds. The first kappa shape index (κ1) is 8.36. The zero-order valence-electron chi connectivity index (χ0n) is 3.11. The minimum atomic E-state index is -1.85. The molecule has 2 N–H and O–H groups in total. The normalized spacial score (nSPS) is 12.9. The van der Waals surface area contributed by atoms with Gasteiger partial charge in [-0.25, -0.2) is 0 Å². The Balaban J connectivity index is 3.54. The number of hydrogen-bond donors (Lipinski definition) is 2. The molecular weight excluding hydrogens is 296 g/mol. The summed E-state index contributed by atoms with van der Waals surface area (Å²) in [6.07, 6.45) is 0. The highest BCUT2D eigenvalue weighted by molar-refractivity contribution is 9.25. The molecule has 0 atom stereocenters. The first-order chi connectivity index (χ1) is 2.94. The summed E-state index contributed by atoms with van der Waals surface area (Å²) in [6, 6.07) is 0. The van der Waals surface area contributed by atoms with Crippen molar-refractivity contribution >= 4 is 47.8 Å². The van der Waals surface area contributed by atoms with Gasteiger partial charge in [-0.15, -0.1) is 0 Å². The SMILES string of the molecule is OC(O)(Br)C(Br)Br. The van der Waals surface area contributed by atoms with Crippen molar-refractivity contribution in [2.75, 3.05) is 0 Å². The molecule has 0 aliphatic carbocycles. The molecule has 0 aliphatic rings. The molecule has 0 radical (unpaired) electrons. The molecule has 0 fully saturated rings. The maximum Gasteiger partial charge on any atom is 0.244 e. The van der Waals surface area contributed by atoms with Gasteiger partial charge in [-0.05, 0) is 15.9 Å². The molecule has 2 nitrogen and oxygen atoms in total. The average molecular weight is 299 g/mol. The van der Waals surface area contributed by atoms with Crippen molar-refractivity contribution in [3.05, 3.63) is 0 Å². The van der Waals surface area contributed by atoms with Gasteiger partial charge in [0.25, 0.3) is 0 Å². The van der Waals surface area contributed by atoms with Crippen molar-refractivity contribution in [2.24, 2.45) is 0 Å². The summed E-state index contributed by atoms with van der Waals surface area (Å²) in [6.45, 7) is 0. The third kappa shape index (κ3) is 3.90. The summed E-state index contributed by atoms with van der Waals surface area (Å²) >= 11 is 8.29. The molecule has 0 aliphatic heterocycles. The van der Waals surface area contributed by atoms with E-state index in [2.05, 4.69) is 47.8 Å². The zero-order chi connectivity index (χ0) is 6.08. The van der Waals surface area contributed by atoms with Crippen LogP contribution in [0.15, 0.2) is 0 Å². The van der Waals surface area contributed by atoms with Crippen LogP contribution in [-0.4, -0.2) is 18.6 Å². The van der Waals surface area contributed by atoms with Gasteiger partial charge in [0.1, 0.15) is 3.74 Å². The fraction of sp³-hybridized carbons (Fsp3) is 1.00. The lowest BCUT2D eigenvalue weighted by Gasteiger charge is -2.13. The Morgan fingerprint density at radius 3 is 1.43 bits per heavy atom. The van der Waals surface area contributed by atoms with Crippen molar-refractivity contribution in [2.45, 2.75) is 8.43 Å². The van der Waals surface area contributed by atoms with Crippen LogP contribution in [0.5, 0.6) is 0 Å². The van der Waals surface area contributed by atoms with Crippen LogP contribution in [0.1, 0.15) is 0 Å². The Kier molecular flexibility index (Phi) is 3.31. The summed E-state index contributed by atoms with van der Waals surface area (Å²) in [4.78, 5) is 0. The van der Waals surface area contributed by atoms with Crippen LogP contribution in [0, 0.1) is 0 Å². The largest absolute Gasteiger partial charge is 0.355 e. The Morgan fingerprint density at radius 1 is 1.29 bits per heavy atom. The highest BCUT2D eigenvalue weighted by atomic mass is 79.9. The third-order valence-corrected chi connectivity index (χ3v) is 3.24. The molecule has 0 spiro atoms. The topological polar surface area (TPSA) is 40.5 Å². The third-order valence-electron chi connectivity index (χ3n) is 0.278. The molecule has 0 aromatic carbocycles. The molecule has 5 heteroatoms. The van der Waals surface area contributed by atoms with E-state index >= 15 is 0 Å². The predicted octanol–water partition coefficient (Wildman–Crippen LogP) is 1.14. The summed E-state index contributed by atoms with van der Waals surface area (Å²) < 4.78 is -2.40. The summed E-state index contributed by atoms with van der Waals surface area (Å²) in [5.41, 5.74) is 0. The number of halogens is 3. The number of alkyl halides is 3. The molecule has 0 bridgehead atoms. The molecule has 44 valence electrons. The quantitative estimate of drug-likeness (QED) is 0.563. The lowest BCUT2D eigenvalue weighted by molar-refractivity contribution is -0.0514. The van der Waals surface area contributed by atoms with Crippen molar-refractivity contribution < 1.29 is 10.2 Å². The van der Waals surface area contributed by atoms with Gasteiger partial charge in [-0.2, -0.15) is 0 Å². The Bertz CT molecular complexity index is 56.4. The van der Waals surface area contributed by atoms with Gasteiger partial charge in [0, 0.05) is 0 Å². The molecule has 0 aromatic rings. The zero-order valence-corrected chi connectivity index (χ0v) is 7.86. The Morgan fingerprint density at radius 2 is 1.43 bits per heavy atom. The number of rotatable bonds is 1. The molecular formula is C2H3Br3O2. The number of hydrogen-bond acceptors (Lipinski definition) is 2. The summed E-state index contributed by atoms with van der Waals surface area (Å²) in [7, 11) is 0. The van der Waals surface area contributed by atoms with Gasteiger partial charge < -0.3 is 10.2 Å². The molecule has 0 unspecified atom stereocenters. The van der Waals surface area contributed by atoms with Crippen LogP contribution in [0.25, 0.3) is 0 Å². The van der Waals surface area contributed by atoms with Gasteiger partial charge in [-0.3, -0.25) is 0 Å². The van der Waals surface area contributed by atoms with E-state index in [1.807, 2.05) is 0 Å². The summed E-state index contributed by atoms with van der Waals surface area (Å²) in [5, 5.41) is 16.9. The second-order valence-electron chi connectivity index (χ2n) is 0.937. The average Bonchev–Trinajstić information content (AvgIpc) is 1.31. The second kappa shape index (κ2) is 2.77. The molecule has 0 aromatic heterocycles. The highest BCUT2D eigenvalue weighted by Crippen LogP contribution is 2.26. The van der Waals surface area contributed by atoms with E-state index < -0.39 is 8.43 Å². The van der Waals surface area contributed by atoms with Crippen LogP contribution in [0.3, 0.4) is 0 Å². The maximum atomic E-state index is 8.47. The fourth-order valence-corrected chi connectivity index (χ4v) is 0. The Hall–Kier alpha value is 1.36. The van der Waals surface area contributed by atoms with Gasteiger partial charge in [0.05, 0.1) is 0 Å². The first-order valence-electron chi connectivity index (χ1n) is 1.36. The minimum Gasteiger partial charge on any atom is -0.355 e. The first-order valence-corrected chi connectivity index (χ1v) is 3.99. The van der Waals surface area contributed by atoms with Crippen molar-refractivity contribution in [1.82, 2.24) is 0 Å². The molecule has 0 saturated heterocycles. The molecule has 7 heavy (non-hydrogen) atoms. The van der Waals surface area contributed by atoms with Crippen LogP contribution in [-0.2, 0) is 0 Å². The van der Waals surface area contributed by atoms with Crippen LogP contribution in [0.4, 0.5) is 0 Å². The van der Waals surface area contributed by atoms with Crippen LogP contribution in [0.2, 0.25) is 0 Å². The van der Waals surface area contributed by atoms with Crippen molar-refractivity contribution in [3.63, 3.8) is 0 Å². The van der Waals surface area contributed by atoms with Gasteiger partial charge in [0.2, 0.25) is 4.70 Å². The predicted molar refractivity (Wildman–Crippen MR) is 37.7 cm³/mol. The van der Waals surface area contributed by atoms with E-state index in [-0.39, 0.29) is 0 Å². The van der Waals surface area contributed by atoms with Crippen molar-refractivity contribution in [1.29, 1.82) is 0 Å². The fourth-order valence-electron chi connectivity index (χ4n) is 0. The minimum absolute atomic E-state index is 0.549. The second-order valence-corrected chi connectivity index (χ2v) is 5.16. The van der Waals surface area contributed by atoms with Crippen LogP contribution < -0.4 is 0 Å². The van der Waals surface area contributed by atoms with Crippen molar-refractivity contribution in [3.8, 4) is 0 Å².